The maximum Gasteiger partial charge on any atom is 0.422 e. The SMILES string of the molecule is O=C(OCC(F)(F)F)N(CC1CC1)C1CC1. The van der Waals surface area contributed by atoms with Crippen LogP contribution in [-0.4, -0.2) is 36.4 Å². The zero-order chi connectivity index (χ0) is 11.8. The van der Waals surface area contributed by atoms with Gasteiger partial charge in [0.05, 0.1) is 0 Å². The standard InChI is InChI=1S/C10H14F3NO2/c11-10(12,13)6-16-9(15)14(8-3-4-8)5-7-1-2-7/h7-8H,1-6H2. The van der Waals surface area contributed by atoms with Gasteiger partial charge in [-0.05, 0) is 31.6 Å². The summed E-state index contributed by atoms with van der Waals surface area (Å²) in [5.74, 6) is 0.471. The first-order valence-electron chi connectivity index (χ1n) is 5.46. The number of carbonyl (C=O) groups excluding carboxylic acids is 1. The fourth-order valence-electron chi connectivity index (χ4n) is 1.56. The van der Waals surface area contributed by atoms with E-state index in [9.17, 15) is 18.0 Å². The van der Waals surface area contributed by atoms with Crippen LogP contribution in [0.2, 0.25) is 0 Å². The smallest absolute Gasteiger partial charge is 0.422 e. The van der Waals surface area contributed by atoms with Gasteiger partial charge < -0.3 is 9.64 Å². The average Bonchev–Trinajstić information content (AvgIpc) is 2.97. The number of alkyl halides is 3. The van der Waals surface area contributed by atoms with E-state index >= 15 is 0 Å². The van der Waals surface area contributed by atoms with Gasteiger partial charge in [-0.15, -0.1) is 0 Å². The highest BCUT2D eigenvalue weighted by Crippen LogP contribution is 2.35. The van der Waals surface area contributed by atoms with Crippen LogP contribution in [0.15, 0.2) is 0 Å². The van der Waals surface area contributed by atoms with Gasteiger partial charge in [0.25, 0.3) is 0 Å². The van der Waals surface area contributed by atoms with Crippen LogP contribution in [0.1, 0.15) is 25.7 Å². The minimum absolute atomic E-state index is 0.112. The van der Waals surface area contributed by atoms with E-state index in [-0.39, 0.29) is 6.04 Å². The fraction of sp³-hybridized carbons (Fsp3) is 0.900. The summed E-state index contributed by atoms with van der Waals surface area (Å²) in [5.41, 5.74) is 0. The molecule has 0 spiro atoms. The number of hydrogen-bond donors (Lipinski definition) is 0. The minimum atomic E-state index is -4.44. The van der Waals surface area contributed by atoms with E-state index in [1.807, 2.05) is 0 Å². The van der Waals surface area contributed by atoms with Crippen LogP contribution in [0.3, 0.4) is 0 Å². The molecule has 0 aliphatic heterocycles. The topological polar surface area (TPSA) is 29.5 Å². The third-order valence-corrected chi connectivity index (χ3v) is 2.73. The maximum absolute atomic E-state index is 11.9. The van der Waals surface area contributed by atoms with Crippen LogP contribution in [-0.2, 0) is 4.74 Å². The molecule has 1 amide bonds. The molecular weight excluding hydrogens is 223 g/mol. The zero-order valence-corrected chi connectivity index (χ0v) is 8.79. The molecule has 92 valence electrons. The van der Waals surface area contributed by atoms with Gasteiger partial charge in [0, 0.05) is 12.6 Å². The Labute approximate surface area is 91.5 Å². The molecule has 0 aromatic heterocycles. The first kappa shape index (κ1) is 11.5. The van der Waals surface area contributed by atoms with Gasteiger partial charge in [0.1, 0.15) is 0 Å². The molecule has 6 heteroatoms. The molecule has 0 heterocycles. The van der Waals surface area contributed by atoms with Crippen molar-refractivity contribution in [1.29, 1.82) is 0 Å². The van der Waals surface area contributed by atoms with E-state index in [4.69, 9.17) is 0 Å². The Balaban J connectivity index is 1.79. The molecule has 2 rings (SSSR count). The Morgan fingerprint density at radius 2 is 1.88 bits per heavy atom. The molecule has 0 aromatic carbocycles. The average molecular weight is 237 g/mol. The second-order valence-electron chi connectivity index (χ2n) is 4.50. The lowest BCUT2D eigenvalue weighted by Gasteiger charge is -2.21. The van der Waals surface area contributed by atoms with Gasteiger partial charge in [-0.1, -0.05) is 0 Å². The number of halogens is 3. The molecular formula is C10H14F3NO2. The first-order valence-corrected chi connectivity index (χ1v) is 5.46. The van der Waals surface area contributed by atoms with Gasteiger partial charge >= 0.3 is 12.3 Å². The molecule has 0 aromatic rings. The number of ether oxygens (including phenoxy) is 1. The molecule has 0 atom stereocenters. The van der Waals surface area contributed by atoms with Crippen molar-refractivity contribution in [3.63, 3.8) is 0 Å². The van der Waals surface area contributed by atoms with E-state index in [0.29, 0.717) is 12.5 Å². The van der Waals surface area contributed by atoms with Crippen molar-refractivity contribution in [2.45, 2.75) is 37.9 Å². The van der Waals surface area contributed by atoms with Gasteiger partial charge in [-0.25, -0.2) is 4.79 Å². The summed E-state index contributed by atoms with van der Waals surface area (Å²) in [6.45, 7) is -0.929. The molecule has 0 saturated heterocycles. The minimum Gasteiger partial charge on any atom is -0.440 e. The van der Waals surface area contributed by atoms with Gasteiger partial charge in [-0.2, -0.15) is 13.2 Å². The summed E-state index contributed by atoms with van der Waals surface area (Å²) in [4.78, 5) is 12.9. The van der Waals surface area contributed by atoms with Crippen molar-refractivity contribution in [3.05, 3.63) is 0 Å². The Morgan fingerprint density at radius 1 is 1.25 bits per heavy atom. The second kappa shape index (κ2) is 4.14. The predicted molar refractivity (Wildman–Crippen MR) is 49.9 cm³/mol. The molecule has 2 aliphatic rings. The molecule has 2 aliphatic carbocycles. The van der Waals surface area contributed by atoms with E-state index < -0.39 is 18.9 Å². The van der Waals surface area contributed by atoms with Gasteiger partial charge in [-0.3, -0.25) is 0 Å². The summed E-state index contributed by atoms with van der Waals surface area (Å²) in [5, 5.41) is 0. The summed E-state index contributed by atoms with van der Waals surface area (Å²) < 4.78 is 39.9. The monoisotopic (exact) mass is 237 g/mol. The van der Waals surface area contributed by atoms with E-state index in [0.717, 1.165) is 25.7 Å². The van der Waals surface area contributed by atoms with E-state index in [2.05, 4.69) is 4.74 Å². The van der Waals surface area contributed by atoms with Crippen molar-refractivity contribution in [3.8, 4) is 0 Å². The number of amides is 1. The third kappa shape index (κ3) is 3.57. The van der Waals surface area contributed by atoms with Crippen LogP contribution in [0.5, 0.6) is 0 Å². The quantitative estimate of drug-likeness (QED) is 0.752. The van der Waals surface area contributed by atoms with Crippen LogP contribution >= 0.6 is 0 Å². The Hall–Kier alpha value is -0.940. The third-order valence-electron chi connectivity index (χ3n) is 2.73. The highest BCUT2D eigenvalue weighted by Gasteiger charge is 2.39. The van der Waals surface area contributed by atoms with Crippen LogP contribution in [0, 0.1) is 5.92 Å². The van der Waals surface area contributed by atoms with Crippen molar-refractivity contribution in [1.82, 2.24) is 4.90 Å². The van der Waals surface area contributed by atoms with Crippen LogP contribution in [0.25, 0.3) is 0 Å². The first-order chi connectivity index (χ1) is 7.46. The fourth-order valence-corrected chi connectivity index (χ4v) is 1.56. The van der Waals surface area contributed by atoms with Crippen molar-refractivity contribution < 1.29 is 22.7 Å². The lowest BCUT2D eigenvalue weighted by atomic mass is 10.4. The summed E-state index contributed by atoms with van der Waals surface area (Å²) in [6, 6.07) is 0.112. The highest BCUT2D eigenvalue weighted by atomic mass is 19.4. The van der Waals surface area contributed by atoms with E-state index in [1.54, 1.807) is 0 Å². The van der Waals surface area contributed by atoms with Crippen LogP contribution in [0.4, 0.5) is 18.0 Å². The number of nitrogens with zero attached hydrogens (tertiary/aromatic N) is 1. The maximum atomic E-state index is 11.9. The number of hydrogen-bond acceptors (Lipinski definition) is 2. The molecule has 0 unspecified atom stereocenters. The van der Waals surface area contributed by atoms with Crippen molar-refractivity contribution in [2.75, 3.05) is 13.2 Å². The normalized spacial score (nSPS) is 20.7. The Kier molecular flexibility index (Phi) is 2.99. The molecule has 2 saturated carbocycles. The summed E-state index contributed by atoms with van der Waals surface area (Å²) >= 11 is 0. The highest BCUT2D eigenvalue weighted by molar-refractivity contribution is 5.68. The zero-order valence-electron chi connectivity index (χ0n) is 8.79. The van der Waals surface area contributed by atoms with Gasteiger partial charge in [0.2, 0.25) is 0 Å². The lowest BCUT2D eigenvalue weighted by molar-refractivity contribution is -0.162. The lowest BCUT2D eigenvalue weighted by Crippen LogP contribution is -2.37. The molecule has 0 bridgehead atoms. The second-order valence-corrected chi connectivity index (χ2v) is 4.50. The van der Waals surface area contributed by atoms with Crippen molar-refractivity contribution in [2.24, 2.45) is 5.92 Å². The molecule has 0 N–H and O–H groups in total. The molecule has 0 radical (unpaired) electrons. The largest absolute Gasteiger partial charge is 0.440 e. The summed E-state index contributed by atoms with van der Waals surface area (Å²) in [7, 11) is 0. The molecule has 16 heavy (non-hydrogen) atoms. The Morgan fingerprint density at radius 3 is 2.31 bits per heavy atom. The van der Waals surface area contributed by atoms with Gasteiger partial charge in [0.15, 0.2) is 6.61 Å². The summed E-state index contributed by atoms with van der Waals surface area (Å²) in [6.07, 6.45) is -1.36. The predicted octanol–water partition coefficient (Wildman–Crippen LogP) is 2.56. The van der Waals surface area contributed by atoms with Crippen molar-refractivity contribution >= 4 is 6.09 Å². The molecule has 2 fully saturated rings. The van der Waals surface area contributed by atoms with E-state index in [1.165, 1.54) is 4.90 Å². The molecule has 3 nitrogen and oxygen atoms in total. The number of carbonyl (C=O) groups is 1. The number of rotatable bonds is 4. The van der Waals surface area contributed by atoms with Crippen LogP contribution < -0.4 is 0 Å². The Bertz CT molecular complexity index is 272.